The number of rotatable bonds is 2. The van der Waals surface area contributed by atoms with Crippen LogP contribution in [-0.2, 0) is 18.4 Å². The van der Waals surface area contributed by atoms with Crippen molar-refractivity contribution in [3.8, 4) is 0 Å². The number of hydrogen-bond acceptors (Lipinski definition) is 4. The van der Waals surface area contributed by atoms with Crippen molar-refractivity contribution in [1.82, 2.24) is 19.2 Å². The largest absolute Gasteiger partial charge is 0.347 e. The first-order valence-electron chi connectivity index (χ1n) is 6.55. The highest BCUT2D eigenvalue weighted by atomic mass is 32.1. The van der Waals surface area contributed by atoms with Gasteiger partial charge in [-0.2, -0.15) is 5.10 Å². The van der Waals surface area contributed by atoms with Gasteiger partial charge in [0, 0.05) is 31.4 Å². The van der Waals surface area contributed by atoms with Crippen LogP contribution in [0.5, 0.6) is 0 Å². The number of thiophene rings is 1. The molecule has 0 N–H and O–H groups in total. The van der Waals surface area contributed by atoms with E-state index in [9.17, 15) is 9.59 Å². The van der Waals surface area contributed by atoms with Gasteiger partial charge in [-0.1, -0.05) is 0 Å². The molecule has 0 aromatic carbocycles. The van der Waals surface area contributed by atoms with Gasteiger partial charge < -0.3 is 9.47 Å². The third-order valence-corrected chi connectivity index (χ3v) is 4.65. The van der Waals surface area contributed by atoms with E-state index < -0.39 is 0 Å². The van der Waals surface area contributed by atoms with Gasteiger partial charge in [0.1, 0.15) is 12.1 Å². The summed E-state index contributed by atoms with van der Waals surface area (Å²) in [7, 11) is 5.19. The first-order valence-corrected chi connectivity index (χ1v) is 7.36. The van der Waals surface area contributed by atoms with E-state index in [0.717, 1.165) is 15.6 Å². The maximum atomic E-state index is 12.6. The standard InChI is InChI=1S/C14H16N4O2S/c1-8-5-10-13(21-8)9-6-15-18(7-11(19)16(2)3)14(20)12(9)17(10)4/h5-6H,7H2,1-4H3. The van der Waals surface area contributed by atoms with Crippen LogP contribution in [0.25, 0.3) is 21.1 Å². The fraction of sp³-hybridized carbons (Fsp3) is 0.357. The molecule has 110 valence electrons. The number of aromatic nitrogens is 3. The second-order valence-corrected chi connectivity index (χ2v) is 6.54. The van der Waals surface area contributed by atoms with Crippen molar-refractivity contribution in [2.24, 2.45) is 7.05 Å². The molecule has 3 aromatic heterocycles. The zero-order valence-corrected chi connectivity index (χ0v) is 13.2. The molecule has 0 fully saturated rings. The van der Waals surface area contributed by atoms with Crippen LogP contribution in [0.4, 0.5) is 0 Å². The highest BCUT2D eigenvalue weighted by Gasteiger charge is 2.17. The average Bonchev–Trinajstić information content (AvgIpc) is 2.91. The molecule has 0 radical (unpaired) electrons. The summed E-state index contributed by atoms with van der Waals surface area (Å²) in [6.07, 6.45) is 1.68. The monoisotopic (exact) mass is 304 g/mol. The fourth-order valence-electron chi connectivity index (χ4n) is 2.41. The number of fused-ring (bicyclic) bond motifs is 3. The van der Waals surface area contributed by atoms with Crippen molar-refractivity contribution in [1.29, 1.82) is 0 Å². The average molecular weight is 304 g/mol. The molecule has 7 heteroatoms. The van der Waals surface area contributed by atoms with Gasteiger partial charge in [0.25, 0.3) is 5.56 Å². The summed E-state index contributed by atoms with van der Waals surface area (Å²) >= 11 is 1.65. The first kappa shape index (κ1) is 13.8. The van der Waals surface area contributed by atoms with Gasteiger partial charge in [-0.25, -0.2) is 4.68 Å². The number of likely N-dealkylation sites (N-methyl/N-ethyl adjacent to an activating group) is 1. The highest BCUT2D eigenvalue weighted by molar-refractivity contribution is 7.20. The molecule has 0 aliphatic rings. The van der Waals surface area contributed by atoms with Crippen molar-refractivity contribution in [3.05, 3.63) is 27.5 Å². The Morgan fingerprint density at radius 2 is 2.14 bits per heavy atom. The normalized spacial score (nSPS) is 11.4. The molecule has 0 saturated carbocycles. The second kappa shape index (κ2) is 4.70. The van der Waals surface area contributed by atoms with Crippen molar-refractivity contribution >= 4 is 38.4 Å². The van der Waals surface area contributed by atoms with Crippen molar-refractivity contribution in [3.63, 3.8) is 0 Å². The number of aryl methyl sites for hydroxylation is 2. The Hall–Kier alpha value is -2.15. The Labute approximate surface area is 125 Å². The maximum Gasteiger partial charge on any atom is 0.291 e. The lowest BCUT2D eigenvalue weighted by Gasteiger charge is -2.10. The molecule has 0 spiro atoms. The maximum absolute atomic E-state index is 12.6. The van der Waals surface area contributed by atoms with Gasteiger partial charge in [-0.15, -0.1) is 11.3 Å². The summed E-state index contributed by atoms with van der Waals surface area (Å²) in [5.41, 5.74) is 1.40. The molecule has 0 atom stereocenters. The van der Waals surface area contributed by atoms with Crippen molar-refractivity contribution in [2.45, 2.75) is 13.5 Å². The van der Waals surface area contributed by atoms with E-state index in [1.54, 1.807) is 31.6 Å². The highest BCUT2D eigenvalue weighted by Crippen LogP contribution is 2.32. The van der Waals surface area contributed by atoms with Crippen LogP contribution < -0.4 is 5.56 Å². The molecule has 3 heterocycles. The minimum Gasteiger partial charge on any atom is -0.347 e. The quantitative estimate of drug-likeness (QED) is 0.718. The summed E-state index contributed by atoms with van der Waals surface area (Å²) < 4.78 is 4.18. The SMILES string of the molecule is Cc1cc2c(s1)c1cnn(CC(=O)N(C)C)c(=O)c1n2C. The van der Waals surface area contributed by atoms with Crippen LogP contribution in [0.2, 0.25) is 0 Å². The molecule has 0 aliphatic heterocycles. The second-order valence-electron chi connectivity index (χ2n) is 5.29. The number of carbonyl (C=O) groups excluding carboxylic acids is 1. The molecule has 0 bridgehead atoms. The van der Waals surface area contributed by atoms with E-state index in [2.05, 4.69) is 11.2 Å². The van der Waals surface area contributed by atoms with Crippen LogP contribution in [0.1, 0.15) is 4.88 Å². The predicted molar refractivity (Wildman–Crippen MR) is 83.8 cm³/mol. The zero-order chi connectivity index (χ0) is 15.3. The Morgan fingerprint density at radius 1 is 1.43 bits per heavy atom. The number of amides is 1. The fourth-order valence-corrected chi connectivity index (χ4v) is 3.47. The number of hydrogen-bond donors (Lipinski definition) is 0. The topological polar surface area (TPSA) is 60.1 Å². The Morgan fingerprint density at radius 3 is 2.81 bits per heavy atom. The van der Waals surface area contributed by atoms with Gasteiger partial charge in [-0.05, 0) is 13.0 Å². The Kier molecular flexibility index (Phi) is 3.09. The van der Waals surface area contributed by atoms with E-state index in [-0.39, 0.29) is 18.0 Å². The summed E-state index contributed by atoms with van der Waals surface area (Å²) in [5.74, 6) is -0.157. The van der Waals surface area contributed by atoms with Gasteiger partial charge >= 0.3 is 0 Å². The molecular weight excluding hydrogens is 288 g/mol. The lowest BCUT2D eigenvalue weighted by atomic mass is 10.3. The Balaban J connectivity index is 2.24. The smallest absolute Gasteiger partial charge is 0.291 e. The zero-order valence-electron chi connectivity index (χ0n) is 12.4. The van der Waals surface area contributed by atoms with Crippen LogP contribution in [0.15, 0.2) is 17.1 Å². The summed E-state index contributed by atoms with van der Waals surface area (Å²) in [5, 5.41) is 5.00. The molecule has 0 aliphatic carbocycles. The van der Waals surface area contributed by atoms with Crippen LogP contribution in [0.3, 0.4) is 0 Å². The summed E-state index contributed by atoms with van der Waals surface area (Å²) in [4.78, 5) is 27.0. The molecule has 0 saturated heterocycles. The van der Waals surface area contributed by atoms with Crippen molar-refractivity contribution < 1.29 is 4.79 Å². The van der Waals surface area contributed by atoms with E-state index in [4.69, 9.17) is 0 Å². The molecule has 3 aromatic rings. The van der Waals surface area contributed by atoms with E-state index in [1.165, 1.54) is 14.5 Å². The first-order chi connectivity index (χ1) is 9.90. The lowest BCUT2D eigenvalue weighted by Crippen LogP contribution is -2.33. The molecular formula is C14H16N4O2S. The van der Waals surface area contributed by atoms with Crippen molar-refractivity contribution in [2.75, 3.05) is 14.1 Å². The minimum atomic E-state index is -0.230. The molecule has 1 amide bonds. The van der Waals surface area contributed by atoms with Gasteiger partial charge in [-0.3, -0.25) is 9.59 Å². The number of nitrogens with zero attached hydrogens (tertiary/aromatic N) is 4. The van der Waals surface area contributed by atoms with Crippen LogP contribution >= 0.6 is 11.3 Å². The predicted octanol–water partition coefficient (Wildman–Crippen LogP) is 1.35. The Bertz CT molecular complexity index is 916. The third-order valence-electron chi connectivity index (χ3n) is 3.58. The third kappa shape index (κ3) is 2.04. The van der Waals surface area contributed by atoms with Crippen LogP contribution in [0, 0.1) is 6.92 Å². The molecule has 6 nitrogen and oxygen atoms in total. The van der Waals surface area contributed by atoms with Crippen LogP contribution in [-0.4, -0.2) is 39.3 Å². The molecule has 0 unspecified atom stereocenters. The van der Waals surface area contributed by atoms with E-state index >= 15 is 0 Å². The van der Waals surface area contributed by atoms with Gasteiger partial charge in [0.15, 0.2) is 0 Å². The summed E-state index contributed by atoms with van der Waals surface area (Å²) in [6, 6.07) is 2.06. The van der Waals surface area contributed by atoms with E-state index in [1.807, 2.05) is 18.5 Å². The lowest BCUT2D eigenvalue weighted by molar-refractivity contribution is -0.129. The van der Waals surface area contributed by atoms with Gasteiger partial charge in [0.2, 0.25) is 5.91 Å². The number of carbonyl (C=O) groups is 1. The van der Waals surface area contributed by atoms with Gasteiger partial charge in [0.05, 0.1) is 16.4 Å². The molecule has 3 rings (SSSR count). The summed E-state index contributed by atoms with van der Waals surface area (Å²) in [6.45, 7) is 2.00. The van der Waals surface area contributed by atoms with E-state index in [0.29, 0.717) is 5.52 Å². The molecule has 21 heavy (non-hydrogen) atoms. The minimum absolute atomic E-state index is 0.0420.